The maximum Gasteiger partial charge on any atom is 0.141 e. The van der Waals surface area contributed by atoms with Gasteiger partial charge in [-0.25, -0.2) is 0 Å². The van der Waals surface area contributed by atoms with E-state index >= 15 is 0 Å². The first kappa shape index (κ1) is 13.2. The number of Topliss-reactive ketones (excluding diaryl/α,β-unsaturated/α-hetero) is 1. The molecule has 1 aliphatic heterocycles. The Labute approximate surface area is 108 Å². The van der Waals surface area contributed by atoms with Crippen LogP contribution < -0.4 is 0 Å². The summed E-state index contributed by atoms with van der Waals surface area (Å²) >= 11 is 0. The van der Waals surface area contributed by atoms with Crippen molar-refractivity contribution in [3.63, 3.8) is 0 Å². The highest BCUT2D eigenvalue weighted by atomic mass is 16.5. The number of ketones is 1. The van der Waals surface area contributed by atoms with Gasteiger partial charge >= 0.3 is 0 Å². The molecule has 0 bridgehead atoms. The van der Waals surface area contributed by atoms with E-state index in [2.05, 4.69) is 9.88 Å². The SMILES string of the molecule is CN(CCc1ccccn1)CC1COCCC1=O. The van der Waals surface area contributed by atoms with Crippen molar-refractivity contribution in [2.24, 2.45) is 5.92 Å². The predicted octanol–water partition coefficient (Wildman–Crippen LogP) is 1.16. The van der Waals surface area contributed by atoms with Crippen molar-refractivity contribution in [2.45, 2.75) is 12.8 Å². The third-order valence-corrected chi connectivity index (χ3v) is 3.28. The van der Waals surface area contributed by atoms with Gasteiger partial charge in [-0.15, -0.1) is 0 Å². The lowest BCUT2D eigenvalue weighted by Crippen LogP contribution is -2.37. The van der Waals surface area contributed by atoms with Gasteiger partial charge in [-0.3, -0.25) is 9.78 Å². The number of nitrogens with zero attached hydrogens (tertiary/aromatic N) is 2. The largest absolute Gasteiger partial charge is 0.380 e. The molecular formula is C14H20N2O2. The maximum absolute atomic E-state index is 11.7. The van der Waals surface area contributed by atoms with Gasteiger partial charge in [0, 0.05) is 37.8 Å². The minimum Gasteiger partial charge on any atom is -0.380 e. The van der Waals surface area contributed by atoms with Crippen LogP contribution in [-0.4, -0.2) is 49.0 Å². The summed E-state index contributed by atoms with van der Waals surface area (Å²) < 4.78 is 5.36. The van der Waals surface area contributed by atoms with E-state index < -0.39 is 0 Å². The topological polar surface area (TPSA) is 42.4 Å². The Morgan fingerprint density at radius 1 is 1.50 bits per heavy atom. The Hall–Kier alpha value is -1.26. The van der Waals surface area contributed by atoms with E-state index in [9.17, 15) is 4.79 Å². The molecule has 1 fully saturated rings. The lowest BCUT2D eigenvalue weighted by molar-refractivity contribution is -0.131. The van der Waals surface area contributed by atoms with Crippen molar-refractivity contribution in [1.82, 2.24) is 9.88 Å². The minimum absolute atomic E-state index is 0.0486. The lowest BCUT2D eigenvalue weighted by atomic mass is 10.00. The van der Waals surface area contributed by atoms with Crippen molar-refractivity contribution in [2.75, 3.05) is 33.4 Å². The summed E-state index contributed by atoms with van der Waals surface area (Å²) in [6, 6.07) is 5.95. The summed E-state index contributed by atoms with van der Waals surface area (Å²) in [6.07, 6.45) is 3.30. The molecule has 0 N–H and O–H groups in total. The molecule has 2 heterocycles. The van der Waals surface area contributed by atoms with Gasteiger partial charge in [-0.05, 0) is 19.2 Å². The fourth-order valence-electron chi connectivity index (χ4n) is 2.17. The summed E-state index contributed by atoms with van der Waals surface area (Å²) in [5, 5.41) is 0. The normalized spacial score (nSPS) is 20.3. The molecule has 4 nitrogen and oxygen atoms in total. The van der Waals surface area contributed by atoms with Gasteiger partial charge in [-0.2, -0.15) is 0 Å². The molecule has 1 saturated heterocycles. The van der Waals surface area contributed by atoms with Crippen LogP contribution in [0.5, 0.6) is 0 Å². The van der Waals surface area contributed by atoms with Crippen molar-refractivity contribution >= 4 is 5.78 Å². The van der Waals surface area contributed by atoms with Crippen molar-refractivity contribution in [3.8, 4) is 0 Å². The highest BCUT2D eigenvalue weighted by molar-refractivity contribution is 5.82. The second-order valence-corrected chi connectivity index (χ2v) is 4.82. The number of carbonyl (C=O) groups is 1. The van der Waals surface area contributed by atoms with E-state index in [1.807, 2.05) is 31.4 Å². The summed E-state index contributed by atoms with van der Waals surface area (Å²) in [5.74, 6) is 0.387. The number of hydrogen-bond donors (Lipinski definition) is 0. The molecule has 0 amide bonds. The number of aromatic nitrogens is 1. The molecular weight excluding hydrogens is 228 g/mol. The van der Waals surface area contributed by atoms with E-state index in [1.54, 1.807) is 0 Å². The Morgan fingerprint density at radius 3 is 3.11 bits per heavy atom. The van der Waals surface area contributed by atoms with Crippen molar-refractivity contribution in [3.05, 3.63) is 30.1 Å². The van der Waals surface area contributed by atoms with Crippen molar-refractivity contribution in [1.29, 1.82) is 0 Å². The van der Waals surface area contributed by atoms with Gasteiger partial charge < -0.3 is 9.64 Å². The molecule has 0 aromatic carbocycles. The number of rotatable bonds is 5. The smallest absolute Gasteiger partial charge is 0.141 e. The molecule has 0 radical (unpaired) electrons. The zero-order valence-corrected chi connectivity index (χ0v) is 10.8. The number of carbonyl (C=O) groups excluding carboxylic acids is 1. The first-order valence-corrected chi connectivity index (χ1v) is 6.44. The third kappa shape index (κ3) is 3.89. The van der Waals surface area contributed by atoms with Gasteiger partial charge in [-0.1, -0.05) is 6.07 Å². The van der Waals surface area contributed by atoms with E-state index in [-0.39, 0.29) is 5.92 Å². The molecule has 0 spiro atoms. The molecule has 4 heteroatoms. The summed E-state index contributed by atoms with van der Waals surface area (Å²) in [4.78, 5) is 18.2. The lowest BCUT2D eigenvalue weighted by Gasteiger charge is -2.26. The molecule has 98 valence electrons. The van der Waals surface area contributed by atoms with Crippen LogP contribution >= 0.6 is 0 Å². The third-order valence-electron chi connectivity index (χ3n) is 3.28. The average molecular weight is 248 g/mol. The monoisotopic (exact) mass is 248 g/mol. The quantitative estimate of drug-likeness (QED) is 0.784. The zero-order chi connectivity index (χ0) is 12.8. The Kier molecular flexibility index (Phi) is 4.84. The molecule has 0 saturated carbocycles. The van der Waals surface area contributed by atoms with E-state index in [0.717, 1.165) is 25.2 Å². The van der Waals surface area contributed by atoms with E-state index in [4.69, 9.17) is 4.74 Å². The van der Waals surface area contributed by atoms with Gasteiger partial charge in [0.1, 0.15) is 5.78 Å². The van der Waals surface area contributed by atoms with Gasteiger partial charge in [0.15, 0.2) is 0 Å². The van der Waals surface area contributed by atoms with E-state index in [1.165, 1.54) is 0 Å². The molecule has 2 rings (SSSR count). The summed E-state index contributed by atoms with van der Waals surface area (Å²) in [7, 11) is 2.05. The van der Waals surface area contributed by atoms with Crippen LogP contribution in [0.4, 0.5) is 0 Å². The molecule has 1 aliphatic rings. The Morgan fingerprint density at radius 2 is 2.39 bits per heavy atom. The average Bonchev–Trinajstić information content (AvgIpc) is 2.40. The van der Waals surface area contributed by atoms with Gasteiger partial charge in [0.2, 0.25) is 0 Å². The molecule has 1 atom stereocenters. The van der Waals surface area contributed by atoms with Crippen LogP contribution in [0.1, 0.15) is 12.1 Å². The highest BCUT2D eigenvalue weighted by Gasteiger charge is 2.23. The Bertz CT molecular complexity index is 381. The summed E-state index contributed by atoms with van der Waals surface area (Å²) in [6.45, 7) is 2.87. The van der Waals surface area contributed by atoms with Crippen LogP contribution in [0.3, 0.4) is 0 Å². The van der Waals surface area contributed by atoms with Crippen LogP contribution in [0.2, 0.25) is 0 Å². The van der Waals surface area contributed by atoms with Gasteiger partial charge in [0.05, 0.1) is 19.1 Å². The van der Waals surface area contributed by atoms with E-state index in [0.29, 0.717) is 25.4 Å². The Balaban J connectivity index is 1.74. The standard InChI is InChI=1S/C14H20N2O2/c1-16(8-5-13-4-2-3-7-15-13)10-12-11-18-9-6-14(12)17/h2-4,7,12H,5-6,8-11H2,1H3. The minimum atomic E-state index is 0.0486. The second-order valence-electron chi connectivity index (χ2n) is 4.82. The van der Waals surface area contributed by atoms with Crippen molar-refractivity contribution < 1.29 is 9.53 Å². The summed E-state index contributed by atoms with van der Waals surface area (Å²) in [5.41, 5.74) is 1.09. The van der Waals surface area contributed by atoms with Crippen LogP contribution in [0.15, 0.2) is 24.4 Å². The van der Waals surface area contributed by atoms with Crippen LogP contribution in [0, 0.1) is 5.92 Å². The number of likely N-dealkylation sites (N-methyl/N-ethyl adjacent to an activating group) is 1. The number of hydrogen-bond acceptors (Lipinski definition) is 4. The fraction of sp³-hybridized carbons (Fsp3) is 0.571. The van der Waals surface area contributed by atoms with Crippen LogP contribution in [0.25, 0.3) is 0 Å². The number of ether oxygens (including phenoxy) is 1. The number of pyridine rings is 1. The molecule has 1 aromatic rings. The van der Waals surface area contributed by atoms with Crippen LogP contribution in [-0.2, 0) is 16.0 Å². The van der Waals surface area contributed by atoms with Gasteiger partial charge in [0.25, 0.3) is 0 Å². The predicted molar refractivity (Wildman–Crippen MR) is 69.4 cm³/mol. The maximum atomic E-state index is 11.7. The second kappa shape index (κ2) is 6.61. The molecule has 18 heavy (non-hydrogen) atoms. The first-order chi connectivity index (χ1) is 8.75. The molecule has 1 unspecified atom stereocenters. The molecule has 1 aromatic heterocycles. The fourth-order valence-corrected chi connectivity index (χ4v) is 2.17. The zero-order valence-electron chi connectivity index (χ0n) is 10.8. The first-order valence-electron chi connectivity index (χ1n) is 6.44. The molecule has 0 aliphatic carbocycles. The highest BCUT2D eigenvalue weighted by Crippen LogP contribution is 2.11.